The third kappa shape index (κ3) is 2.59. The summed E-state index contributed by atoms with van der Waals surface area (Å²) in [5, 5.41) is 0.976. The predicted octanol–water partition coefficient (Wildman–Crippen LogP) is 4.34. The van der Waals surface area contributed by atoms with Crippen LogP contribution in [-0.4, -0.2) is 10.4 Å². The number of hydrogen-bond donors (Lipinski definition) is 0. The highest BCUT2D eigenvalue weighted by Gasteiger charge is 2.12. The van der Waals surface area contributed by atoms with E-state index >= 15 is 0 Å². The van der Waals surface area contributed by atoms with Crippen molar-refractivity contribution in [3.05, 3.63) is 71.2 Å². The summed E-state index contributed by atoms with van der Waals surface area (Å²) in [7, 11) is 0. The second-order valence-electron chi connectivity index (χ2n) is 5.37. The molecule has 3 aromatic rings. The third-order valence-corrected chi connectivity index (χ3v) is 3.68. The Morgan fingerprint density at radius 2 is 1.86 bits per heavy atom. The fourth-order valence-corrected chi connectivity index (χ4v) is 2.61. The van der Waals surface area contributed by atoms with E-state index in [9.17, 15) is 9.18 Å². The van der Waals surface area contributed by atoms with Crippen LogP contribution in [0.2, 0.25) is 0 Å². The van der Waals surface area contributed by atoms with Gasteiger partial charge in [-0.1, -0.05) is 23.8 Å². The molecule has 2 nitrogen and oxygen atoms in total. The van der Waals surface area contributed by atoms with Gasteiger partial charge in [-0.25, -0.2) is 4.39 Å². The second-order valence-corrected chi connectivity index (χ2v) is 5.37. The number of benzene rings is 2. The van der Waals surface area contributed by atoms with Gasteiger partial charge in [-0.3, -0.25) is 4.79 Å². The molecule has 0 atom stereocenters. The van der Waals surface area contributed by atoms with Gasteiger partial charge in [0.15, 0.2) is 5.78 Å². The monoisotopic (exact) mass is 281 g/mol. The Hall–Kier alpha value is -2.42. The Morgan fingerprint density at radius 1 is 1.14 bits per heavy atom. The number of carbonyl (C=O) groups excluding carboxylic acids is 1. The zero-order chi connectivity index (χ0) is 15.0. The third-order valence-electron chi connectivity index (χ3n) is 3.68. The van der Waals surface area contributed by atoms with Gasteiger partial charge in [0.1, 0.15) is 5.82 Å². The Balaban J connectivity index is 2.10. The first kappa shape index (κ1) is 13.6. The molecule has 0 radical (unpaired) electrons. The van der Waals surface area contributed by atoms with E-state index in [2.05, 4.69) is 0 Å². The molecule has 0 bridgehead atoms. The molecular formula is C18H16FNO. The molecule has 3 heteroatoms. The van der Waals surface area contributed by atoms with Crippen molar-refractivity contribution in [3.63, 3.8) is 0 Å². The molecule has 1 heterocycles. The zero-order valence-electron chi connectivity index (χ0n) is 12.1. The molecule has 0 N–H and O–H groups in total. The first-order chi connectivity index (χ1) is 10.0. The van der Waals surface area contributed by atoms with E-state index in [1.807, 2.05) is 35.9 Å². The molecule has 0 aliphatic rings. The lowest BCUT2D eigenvalue weighted by molar-refractivity contribution is 0.101. The van der Waals surface area contributed by atoms with Gasteiger partial charge in [0, 0.05) is 29.2 Å². The van der Waals surface area contributed by atoms with Crippen LogP contribution < -0.4 is 0 Å². The van der Waals surface area contributed by atoms with Crippen LogP contribution in [-0.2, 0) is 6.54 Å². The lowest BCUT2D eigenvalue weighted by atomic mass is 10.1. The molecule has 0 aliphatic carbocycles. The maximum absolute atomic E-state index is 13.0. The molecule has 2 aromatic carbocycles. The van der Waals surface area contributed by atoms with Crippen LogP contribution in [0.5, 0.6) is 0 Å². The van der Waals surface area contributed by atoms with Crippen LogP contribution in [0.15, 0.2) is 48.7 Å². The lowest BCUT2D eigenvalue weighted by Crippen LogP contribution is -1.98. The highest BCUT2D eigenvalue weighted by molar-refractivity contribution is 6.07. The van der Waals surface area contributed by atoms with Crippen LogP contribution in [0.25, 0.3) is 10.9 Å². The normalized spacial score (nSPS) is 11.0. The summed E-state index contributed by atoms with van der Waals surface area (Å²) in [5.41, 5.74) is 3.89. The summed E-state index contributed by atoms with van der Waals surface area (Å²) >= 11 is 0. The van der Waals surface area contributed by atoms with Gasteiger partial charge in [-0.05, 0) is 43.7 Å². The molecule has 21 heavy (non-hydrogen) atoms. The van der Waals surface area contributed by atoms with Gasteiger partial charge >= 0.3 is 0 Å². The number of hydrogen-bond acceptors (Lipinski definition) is 1. The van der Waals surface area contributed by atoms with Crippen molar-refractivity contribution in [1.29, 1.82) is 0 Å². The van der Waals surface area contributed by atoms with E-state index in [0.717, 1.165) is 27.6 Å². The quantitative estimate of drug-likeness (QED) is 0.655. The largest absolute Gasteiger partial charge is 0.342 e. The number of nitrogens with zero attached hydrogens (tertiary/aromatic N) is 1. The molecule has 0 saturated carbocycles. The highest BCUT2D eigenvalue weighted by atomic mass is 19.1. The standard InChI is InChI=1S/C18H16FNO/c1-12-3-8-18-16(9-12)17(13(2)21)11-20(18)10-14-4-6-15(19)7-5-14/h3-9,11H,10H2,1-2H3. The molecule has 3 rings (SSSR count). The number of rotatable bonds is 3. The second kappa shape index (κ2) is 5.17. The Bertz CT molecular complexity index is 815. The molecule has 1 aromatic heterocycles. The molecule has 106 valence electrons. The number of aryl methyl sites for hydroxylation is 1. The van der Waals surface area contributed by atoms with Crippen molar-refractivity contribution >= 4 is 16.7 Å². The molecule has 0 spiro atoms. The zero-order valence-corrected chi connectivity index (χ0v) is 12.1. The number of carbonyl (C=O) groups is 1. The summed E-state index contributed by atoms with van der Waals surface area (Å²) < 4.78 is 15.0. The minimum Gasteiger partial charge on any atom is -0.342 e. The lowest BCUT2D eigenvalue weighted by Gasteiger charge is -2.06. The maximum atomic E-state index is 13.0. The highest BCUT2D eigenvalue weighted by Crippen LogP contribution is 2.24. The van der Waals surface area contributed by atoms with Gasteiger partial charge < -0.3 is 4.57 Å². The summed E-state index contributed by atoms with van der Waals surface area (Å²) in [6.07, 6.45) is 1.88. The first-order valence-electron chi connectivity index (χ1n) is 6.89. The molecule has 0 fully saturated rings. The van der Waals surface area contributed by atoms with Crippen LogP contribution in [0.3, 0.4) is 0 Å². The fourth-order valence-electron chi connectivity index (χ4n) is 2.61. The SMILES string of the molecule is CC(=O)c1cn(Cc2ccc(F)cc2)c2ccc(C)cc12. The molecule has 0 aliphatic heterocycles. The molecule has 0 saturated heterocycles. The summed E-state index contributed by atoms with van der Waals surface area (Å²) in [6, 6.07) is 12.5. The van der Waals surface area contributed by atoms with E-state index in [-0.39, 0.29) is 11.6 Å². The predicted molar refractivity (Wildman–Crippen MR) is 82.2 cm³/mol. The van der Waals surface area contributed by atoms with E-state index in [4.69, 9.17) is 0 Å². The van der Waals surface area contributed by atoms with Gasteiger partial charge in [-0.2, -0.15) is 0 Å². The topological polar surface area (TPSA) is 22.0 Å². The Morgan fingerprint density at radius 3 is 2.52 bits per heavy atom. The van der Waals surface area contributed by atoms with E-state index in [1.165, 1.54) is 12.1 Å². The van der Waals surface area contributed by atoms with E-state index in [0.29, 0.717) is 6.54 Å². The number of fused-ring (bicyclic) bond motifs is 1. The van der Waals surface area contributed by atoms with Gasteiger partial charge in [0.05, 0.1) is 0 Å². The molecular weight excluding hydrogens is 265 g/mol. The first-order valence-corrected chi connectivity index (χ1v) is 6.89. The minimum absolute atomic E-state index is 0.0588. The van der Waals surface area contributed by atoms with Crippen molar-refractivity contribution < 1.29 is 9.18 Å². The van der Waals surface area contributed by atoms with Crippen LogP contribution >= 0.6 is 0 Å². The Labute approximate surface area is 122 Å². The van der Waals surface area contributed by atoms with Crippen molar-refractivity contribution in [3.8, 4) is 0 Å². The van der Waals surface area contributed by atoms with Crippen molar-refractivity contribution in [2.24, 2.45) is 0 Å². The molecule has 0 unspecified atom stereocenters. The van der Waals surface area contributed by atoms with Gasteiger partial charge in [-0.15, -0.1) is 0 Å². The minimum atomic E-state index is -0.240. The van der Waals surface area contributed by atoms with Gasteiger partial charge in [0.25, 0.3) is 0 Å². The summed E-state index contributed by atoms with van der Waals surface area (Å²) in [4.78, 5) is 11.8. The van der Waals surface area contributed by atoms with Crippen LogP contribution in [0, 0.1) is 12.7 Å². The number of Topliss-reactive ketones (excluding diaryl/α,β-unsaturated/α-hetero) is 1. The smallest absolute Gasteiger partial charge is 0.161 e. The van der Waals surface area contributed by atoms with Gasteiger partial charge in [0.2, 0.25) is 0 Å². The Kier molecular flexibility index (Phi) is 3.34. The van der Waals surface area contributed by atoms with Crippen molar-refractivity contribution in [2.45, 2.75) is 20.4 Å². The summed E-state index contributed by atoms with van der Waals surface area (Å²) in [6.45, 7) is 4.22. The maximum Gasteiger partial charge on any atom is 0.161 e. The number of aromatic nitrogens is 1. The average Bonchev–Trinajstić information content (AvgIpc) is 2.79. The van der Waals surface area contributed by atoms with E-state index in [1.54, 1.807) is 19.1 Å². The van der Waals surface area contributed by atoms with Crippen molar-refractivity contribution in [1.82, 2.24) is 4.57 Å². The van der Waals surface area contributed by atoms with Crippen LogP contribution in [0.4, 0.5) is 4.39 Å². The number of ketones is 1. The van der Waals surface area contributed by atoms with E-state index < -0.39 is 0 Å². The van der Waals surface area contributed by atoms with Crippen molar-refractivity contribution in [2.75, 3.05) is 0 Å². The average molecular weight is 281 g/mol. The van der Waals surface area contributed by atoms with Crippen LogP contribution in [0.1, 0.15) is 28.4 Å². The molecule has 0 amide bonds. The number of halogens is 1. The summed E-state index contributed by atoms with van der Waals surface area (Å²) in [5.74, 6) is -0.181. The fraction of sp³-hybridized carbons (Fsp3) is 0.167.